The minimum Gasteiger partial charge on any atom is -0.466 e. The molecule has 1 atom stereocenters. The lowest BCUT2D eigenvalue weighted by Crippen LogP contribution is -2.37. The molecular weight excluding hydrogens is 168 g/mol. The second kappa shape index (κ2) is 5.94. The molecule has 1 aliphatic heterocycles. The van der Waals surface area contributed by atoms with Crippen LogP contribution in [0.1, 0.15) is 19.8 Å². The van der Waals surface area contributed by atoms with Crippen molar-refractivity contribution in [2.24, 2.45) is 0 Å². The van der Waals surface area contributed by atoms with E-state index in [0.717, 1.165) is 26.1 Å². The number of esters is 1. The number of rotatable bonds is 3. The highest BCUT2D eigenvalue weighted by molar-refractivity contribution is 5.70. The molecule has 2 N–H and O–H groups in total. The van der Waals surface area contributed by atoms with Gasteiger partial charge in [-0.05, 0) is 26.4 Å². The Bertz CT molecular complexity index is 154. The molecule has 1 aliphatic rings. The Kier molecular flexibility index (Phi) is 4.78. The van der Waals surface area contributed by atoms with Crippen LogP contribution in [0, 0.1) is 0 Å². The van der Waals surface area contributed by atoms with Crippen LogP contribution in [0.3, 0.4) is 0 Å². The van der Waals surface area contributed by atoms with Crippen molar-refractivity contribution < 1.29 is 9.53 Å². The van der Waals surface area contributed by atoms with Crippen molar-refractivity contribution in [3.8, 4) is 0 Å². The smallest absolute Gasteiger partial charge is 0.307 e. The Balaban J connectivity index is 2.21. The molecule has 1 fully saturated rings. The monoisotopic (exact) mass is 186 g/mol. The van der Waals surface area contributed by atoms with E-state index in [1.807, 2.05) is 6.92 Å². The van der Waals surface area contributed by atoms with Crippen LogP contribution >= 0.6 is 0 Å². The van der Waals surface area contributed by atoms with E-state index in [0.29, 0.717) is 13.0 Å². The van der Waals surface area contributed by atoms with Crippen molar-refractivity contribution in [2.75, 3.05) is 26.2 Å². The maximum Gasteiger partial charge on any atom is 0.307 e. The highest BCUT2D eigenvalue weighted by Crippen LogP contribution is 1.97. The topological polar surface area (TPSA) is 50.4 Å². The van der Waals surface area contributed by atoms with Crippen LogP contribution in [0.25, 0.3) is 0 Å². The van der Waals surface area contributed by atoms with Crippen LogP contribution in [0.2, 0.25) is 0 Å². The maximum atomic E-state index is 11.1. The van der Waals surface area contributed by atoms with Gasteiger partial charge in [0, 0.05) is 12.6 Å². The Hall–Kier alpha value is -0.610. The molecule has 0 spiro atoms. The minimum absolute atomic E-state index is 0.108. The molecule has 0 saturated carbocycles. The van der Waals surface area contributed by atoms with Crippen LogP contribution in [0.4, 0.5) is 0 Å². The zero-order valence-corrected chi connectivity index (χ0v) is 8.14. The lowest BCUT2D eigenvalue weighted by molar-refractivity contribution is -0.143. The summed E-state index contributed by atoms with van der Waals surface area (Å²) in [6.07, 6.45) is 1.60. The van der Waals surface area contributed by atoms with Gasteiger partial charge in [0.15, 0.2) is 0 Å². The Morgan fingerprint density at radius 1 is 1.54 bits per heavy atom. The molecule has 0 aromatic rings. The third-order valence-corrected chi connectivity index (χ3v) is 2.07. The van der Waals surface area contributed by atoms with Crippen LogP contribution in [-0.2, 0) is 9.53 Å². The molecule has 1 heterocycles. The summed E-state index contributed by atoms with van der Waals surface area (Å²) >= 11 is 0. The van der Waals surface area contributed by atoms with E-state index in [1.165, 1.54) is 0 Å². The average molecular weight is 186 g/mol. The number of carbonyl (C=O) groups is 1. The molecule has 4 heteroatoms. The van der Waals surface area contributed by atoms with Gasteiger partial charge < -0.3 is 15.4 Å². The minimum atomic E-state index is -0.108. The van der Waals surface area contributed by atoms with Crippen LogP contribution in [0.5, 0.6) is 0 Å². The second-order valence-electron chi connectivity index (χ2n) is 3.22. The second-order valence-corrected chi connectivity index (χ2v) is 3.22. The molecule has 0 aliphatic carbocycles. The number of hydrogen-bond acceptors (Lipinski definition) is 4. The maximum absolute atomic E-state index is 11.1. The van der Waals surface area contributed by atoms with Crippen molar-refractivity contribution in [3.63, 3.8) is 0 Å². The zero-order valence-electron chi connectivity index (χ0n) is 8.14. The molecule has 0 amide bonds. The van der Waals surface area contributed by atoms with Crippen molar-refractivity contribution in [3.05, 3.63) is 0 Å². The van der Waals surface area contributed by atoms with Crippen molar-refractivity contribution in [2.45, 2.75) is 25.8 Å². The summed E-state index contributed by atoms with van der Waals surface area (Å²) in [6, 6.07) is 0.238. The first-order valence-electron chi connectivity index (χ1n) is 4.92. The first-order valence-corrected chi connectivity index (χ1v) is 4.92. The number of ether oxygens (including phenoxy) is 1. The highest BCUT2D eigenvalue weighted by Gasteiger charge is 2.15. The first kappa shape index (κ1) is 10.5. The van der Waals surface area contributed by atoms with Gasteiger partial charge in [-0.3, -0.25) is 4.79 Å². The number of hydrogen-bond donors (Lipinski definition) is 2. The summed E-state index contributed by atoms with van der Waals surface area (Å²) in [5, 5.41) is 6.58. The van der Waals surface area contributed by atoms with Gasteiger partial charge in [-0.2, -0.15) is 0 Å². The molecule has 1 unspecified atom stereocenters. The largest absolute Gasteiger partial charge is 0.466 e. The molecule has 76 valence electrons. The van der Waals surface area contributed by atoms with E-state index in [2.05, 4.69) is 10.6 Å². The van der Waals surface area contributed by atoms with Gasteiger partial charge in [-0.1, -0.05) is 0 Å². The van der Waals surface area contributed by atoms with Gasteiger partial charge >= 0.3 is 5.97 Å². The van der Waals surface area contributed by atoms with Crippen LogP contribution < -0.4 is 10.6 Å². The molecule has 0 aromatic carbocycles. The Morgan fingerprint density at radius 3 is 3.15 bits per heavy atom. The molecule has 1 rings (SSSR count). The third-order valence-electron chi connectivity index (χ3n) is 2.07. The van der Waals surface area contributed by atoms with E-state index in [1.54, 1.807) is 0 Å². The highest BCUT2D eigenvalue weighted by atomic mass is 16.5. The van der Waals surface area contributed by atoms with Gasteiger partial charge in [0.2, 0.25) is 0 Å². The average Bonchev–Trinajstić information content (AvgIpc) is 2.33. The normalized spacial score (nSPS) is 23.6. The molecule has 0 aromatic heterocycles. The van der Waals surface area contributed by atoms with Crippen molar-refractivity contribution in [1.29, 1.82) is 0 Å². The Labute approximate surface area is 79.0 Å². The first-order chi connectivity index (χ1) is 6.33. The lowest BCUT2D eigenvalue weighted by atomic mass is 10.2. The Morgan fingerprint density at radius 2 is 2.38 bits per heavy atom. The summed E-state index contributed by atoms with van der Waals surface area (Å²) in [4.78, 5) is 11.1. The summed E-state index contributed by atoms with van der Waals surface area (Å²) in [6.45, 7) is 5.18. The van der Waals surface area contributed by atoms with Gasteiger partial charge in [0.1, 0.15) is 0 Å². The molecule has 0 radical (unpaired) electrons. The fourth-order valence-electron chi connectivity index (χ4n) is 1.43. The predicted molar refractivity (Wildman–Crippen MR) is 50.5 cm³/mol. The van der Waals surface area contributed by atoms with Gasteiger partial charge in [-0.25, -0.2) is 0 Å². The fourth-order valence-corrected chi connectivity index (χ4v) is 1.43. The standard InChI is InChI=1S/C9H18N2O2/c1-2-13-9(12)6-8-7-10-4-3-5-11-8/h8,10-11H,2-7H2,1H3. The van der Waals surface area contributed by atoms with Crippen LogP contribution in [0.15, 0.2) is 0 Å². The SMILES string of the molecule is CCOC(=O)CC1CNCCCN1. The molecule has 13 heavy (non-hydrogen) atoms. The van der Waals surface area contributed by atoms with Crippen molar-refractivity contribution in [1.82, 2.24) is 10.6 Å². The summed E-state index contributed by atoms with van der Waals surface area (Å²) in [5.41, 5.74) is 0. The third kappa shape index (κ3) is 4.24. The summed E-state index contributed by atoms with van der Waals surface area (Å²) in [5.74, 6) is -0.108. The predicted octanol–water partition coefficient (Wildman–Crippen LogP) is -0.109. The molecule has 0 bridgehead atoms. The molecule has 4 nitrogen and oxygen atoms in total. The van der Waals surface area contributed by atoms with E-state index in [4.69, 9.17) is 4.74 Å². The molecular formula is C9H18N2O2. The van der Waals surface area contributed by atoms with Crippen molar-refractivity contribution >= 4 is 5.97 Å². The lowest BCUT2D eigenvalue weighted by Gasteiger charge is -2.14. The summed E-state index contributed by atoms with van der Waals surface area (Å²) < 4.78 is 4.88. The quantitative estimate of drug-likeness (QED) is 0.604. The van der Waals surface area contributed by atoms with Gasteiger partial charge in [-0.15, -0.1) is 0 Å². The summed E-state index contributed by atoms with van der Waals surface area (Å²) in [7, 11) is 0. The van der Waals surface area contributed by atoms with Gasteiger partial charge in [0.25, 0.3) is 0 Å². The number of nitrogens with one attached hydrogen (secondary N) is 2. The molecule has 1 saturated heterocycles. The van der Waals surface area contributed by atoms with Crippen LogP contribution in [-0.4, -0.2) is 38.3 Å². The van der Waals surface area contributed by atoms with E-state index < -0.39 is 0 Å². The fraction of sp³-hybridized carbons (Fsp3) is 0.889. The van der Waals surface area contributed by atoms with E-state index in [-0.39, 0.29) is 12.0 Å². The zero-order chi connectivity index (χ0) is 9.52. The van der Waals surface area contributed by atoms with E-state index in [9.17, 15) is 4.79 Å². The van der Waals surface area contributed by atoms with Gasteiger partial charge in [0.05, 0.1) is 13.0 Å². The number of carbonyl (C=O) groups excluding carboxylic acids is 1. The van der Waals surface area contributed by atoms with E-state index >= 15 is 0 Å².